The van der Waals surface area contributed by atoms with Gasteiger partial charge in [-0.2, -0.15) is 0 Å². The van der Waals surface area contributed by atoms with E-state index in [0.29, 0.717) is 12.8 Å². The molecule has 0 saturated carbocycles. The predicted molar refractivity (Wildman–Crippen MR) is 224 cm³/mol. The van der Waals surface area contributed by atoms with Crippen molar-refractivity contribution in [2.75, 3.05) is 26.4 Å². The van der Waals surface area contributed by atoms with Crippen LogP contribution < -0.4 is 0 Å². The van der Waals surface area contributed by atoms with E-state index in [1.165, 1.54) is 96.3 Å². The molecule has 0 spiro atoms. The van der Waals surface area contributed by atoms with Crippen molar-refractivity contribution in [1.29, 1.82) is 0 Å². The van der Waals surface area contributed by atoms with Crippen LogP contribution in [0.2, 0.25) is 0 Å². The Hall–Kier alpha value is -1.81. The van der Waals surface area contributed by atoms with Crippen molar-refractivity contribution in [3.63, 3.8) is 0 Å². The molecule has 0 aromatic heterocycles. The summed E-state index contributed by atoms with van der Waals surface area (Å²) in [5, 5.41) is 18.3. The second-order valence-corrected chi connectivity index (χ2v) is 16.2. The fraction of sp³-hybridized carbons (Fsp3) is 0.818. The summed E-state index contributed by atoms with van der Waals surface area (Å²) in [4.78, 5) is 35.0. The highest BCUT2D eigenvalue weighted by Gasteiger charge is 2.27. The van der Waals surface area contributed by atoms with Crippen molar-refractivity contribution in [2.45, 2.75) is 206 Å². The highest BCUT2D eigenvalue weighted by molar-refractivity contribution is 7.47. The van der Waals surface area contributed by atoms with Crippen molar-refractivity contribution in [2.24, 2.45) is 0 Å². The number of esters is 2. The van der Waals surface area contributed by atoms with Crippen LogP contribution in [0.3, 0.4) is 0 Å². The predicted octanol–water partition coefficient (Wildman–Crippen LogP) is 11.6. The number of carbonyl (C=O) groups excluding carboxylic acids is 2. The van der Waals surface area contributed by atoms with Gasteiger partial charge in [0.1, 0.15) is 12.7 Å². The van der Waals surface area contributed by atoms with Gasteiger partial charge < -0.3 is 24.6 Å². The van der Waals surface area contributed by atoms with Gasteiger partial charge in [0.15, 0.2) is 6.10 Å². The summed E-state index contributed by atoms with van der Waals surface area (Å²) in [7, 11) is -4.62. The lowest BCUT2D eigenvalue weighted by Crippen LogP contribution is -2.29. The van der Waals surface area contributed by atoms with Gasteiger partial charge in [-0.15, -0.1) is 0 Å². The van der Waals surface area contributed by atoms with Crippen LogP contribution in [-0.2, 0) is 32.7 Å². The second-order valence-electron chi connectivity index (χ2n) is 14.7. The molecule has 11 heteroatoms. The highest BCUT2D eigenvalue weighted by atomic mass is 31.2. The molecule has 0 rings (SSSR count). The van der Waals surface area contributed by atoms with Gasteiger partial charge in [-0.1, -0.05) is 166 Å². The van der Waals surface area contributed by atoms with Crippen LogP contribution in [0, 0.1) is 0 Å². The van der Waals surface area contributed by atoms with Crippen molar-refractivity contribution >= 4 is 19.8 Å². The average molecular weight is 801 g/mol. The van der Waals surface area contributed by atoms with Gasteiger partial charge in [0.25, 0.3) is 0 Å². The lowest BCUT2D eigenvalue weighted by atomic mass is 10.0. The Labute approximate surface area is 335 Å². The summed E-state index contributed by atoms with van der Waals surface area (Å²) in [5.41, 5.74) is 0. The van der Waals surface area contributed by atoms with E-state index in [0.717, 1.165) is 57.8 Å². The summed E-state index contributed by atoms with van der Waals surface area (Å²) in [6, 6.07) is 0. The SMILES string of the molecule is CCCCCC=CCC=CCC=CCCCCCCC(=O)O[C@H](COC(=O)CCCCCCCCCCCCCCCCC)COP(=O)(O)OC[C@@H](O)CO. The van der Waals surface area contributed by atoms with Crippen molar-refractivity contribution in [1.82, 2.24) is 0 Å². The number of phosphoric acid groups is 1. The minimum atomic E-state index is -4.62. The molecule has 0 saturated heterocycles. The maximum Gasteiger partial charge on any atom is 0.472 e. The van der Waals surface area contributed by atoms with Gasteiger partial charge in [-0.25, -0.2) is 4.57 Å². The van der Waals surface area contributed by atoms with E-state index in [4.69, 9.17) is 19.1 Å². The molecule has 1 unspecified atom stereocenters. The van der Waals surface area contributed by atoms with Gasteiger partial charge >= 0.3 is 19.8 Å². The first kappa shape index (κ1) is 53.2. The molecule has 0 aliphatic carbocycles. The molecule has 0 aliphatic rings. The van der Waals surface area contributed by atoms with Crippen LogP contribution in [0.15, 0.2) is 36.5 Å². The van der Waals surface area contributed by atoms with E-state index in [1.807, 2.05) is 0 Å². The maximum atomic E-state index is 12.6. The van der Waals surface area contributed by atoms with Crippen molar-refractivity contribution in [3.8, 4) is 0 Å². The van der Waals surface area contributed by atoms with Gasteiger partial charge in [0.2, 0.25) is 0 Å². The van der Waals surface area contributed by atoms with Crippen LogP contribution >= 0.6 is 7.82 Å². The van der Waals surface area contributed by atoms with Crippen LogP contribution in [0.5, 0.6) is 0 Å². The third-order valence-electron chi connectivity index (χ3n) is 9.30. The normalized spacial score (nSPS) is 14.2. The van der Waals surface area contributed by atoms with Gasteiger partial charge in [-0.3, -0.25) is 18.6 Å². The Kier molecular flexibility index (Phi) is 39.1. The molecule has 3 atom stereocenters. The Balaban J connectivity index is 4.33. The number of aliphatic hydroxyl groups excluding tert-OH is 2. The zero-order chi connectivity index (χ0) is 40.5. The molecule has 3 N–H and O–H groups in total. The van der Waals surface area contributed by atoms with Crippen LogP contribution in [0.25, 0.3) is 0 Å². The molecule has 0 bridgehead atoms. The molecule has 0 heterocycles. The number of aliphatic hydroxyl groups is 2. The zero-order valence-corrected chi connectivity index (χ0v) is 35.8. The van der Waals surface area contributed by atoms with E-state index in [9.17, 15) is 24.2 Å². The average Bonchev–Trinajstić information content (AvgIpc) is 3.17. The summed E-state index contributed by atoms with van der Waals surface area (Å²) in [6.07, 6.45) is 41.0. The molecule has 55 heavy (non-hydrogen) atoms. The lowest BCUT2D eigenvalue weighted by molar-refractivity contribution is -0.161. The summed E-state index contributed by atoms with van der Waals surface area (Å²) < 4.78 is 32.7. The largest absolute Gasteiger partial charge is 0.472 e. The molecule has 322 valence electrons. The number of carbonyl (C=O) groups is 2. The fourth-order valence-electron chi connectivity index (χ4n) is 5.88. The smallest absolute Gasteiger partial charge is 0.462 e. The standard InChI is InChI=1S/C44H81O10P/c1-3-5-7-9-11-13-15-17-19-20-22-24-26-28-30-32-34-36-44(48)54-42(40-53-55(49,50)52-38-41(46)37-45)39-51-43(47)35-33-31-29-27-25-23-21-18-16-14-12-10-8-6-4-2/h11,13,17,19,22,24,41-42,45-46H,3-10,12,14-16,18,20-21,23,25-40H2,1-2H3,(H,49,50)/t41-,42+/m0/s1. The molecular formula is C44H81O10P. The second kappa shape index (κ2) is 40.4. The lowest BCUT2D eigenvalue weighted by Gasteiger charge is -2.20. The molecule has 0 aromatic rings. The molecule has 0 fully saturated rings. The molecule has 0 aromatic carbocycles. The number of hydrogen-bond acceptors (Lipinski definition) is 9. The molecule has 10 nitrogen and oxygen atoms in total. The number of rotatable bonds is 41. The highest BCUT2D eigenvalue weighted by Crippen LogP contribution is 2.43. The number of allylic oxidation sites excluding steroid dienone is 6. The fourth-order valence-corrected chi connectivity index (χ4v) is 6.67. The van der Waals surface area contributed by atoms with Crippen molar-refractivity contribution < 1.29 is 47.8 Å². The molecule has 0 aliphatic heterocycles. The third kappa shape index (κ3) is 40.2. The first-order chi connectivity index (χ1) is 26.7. The van der Waals surface area contributed by atoms with Crippen LogP contribution in [0.1, 0.15) is 194 Å². The molecular weight excluding hydrogens is 719 g/mol. The first-order valence-electron chi connectivity index (χ1n) is 21.9. The summed E-state index contributed by atoms with van der Waals surface area (Å²) in [6.45, 7) is 2.34. The third-order valence-corrected chi connectivity index (χ3v) is 10.2. The van der Waals surface area contributed by atoms with Gasteiger partial charge in [-0.05, 0) is 51.4 Å². The van der Waals surface area contributed by atoms with E-state index in [1.54, 1.807) is 0 Å². The minimum Gasteiger partial charge on any atom is -0.462 e. The topological polar surface area (TPSA) is 149 Å². The van der Waals surface area contributed by atoms with Crippen LogP contribution in [0.4, 0.5) is 0 Å². The number of phosphoric ester groups is 1. The molecule has 0 amide bonds. The summed E-state index contributed by atoms with van der Waals surface area (Å²) >= 11 is 0. The van der Waals surface area contributed by atoms with E-state index in [2.05, 4.69) is 54.8 Å². The zero-order valence-electron chi connectivity index (χ0n) is 34.9. The monoisotopic (exact) mass is 801 g/mol. The minimum absolute atomic E-state index is 0.160. The number of hydrogen-bond donors (Lipinski definition) is 3. The Bertz CT molecular complexity index is 1010. The van der Waals surface area contributed by atoms with Crippen LogP contribution in [-0.4, -0.2) is 65.7 Å². The molecule has 0 radical (unpaired) electrons. The number of unbranched alkanes of at least 4 members (excludes halogenated alkanes) is 21. The van der Waals surface area contributed by atoms with E-state index < -0.39 is 51.8 Å². The quantitative estimate of drug-likeness (QED) is 0.0236. The Morgan fingerprint density at radius 3 is 1.45 bits per heavy atom. The first-order valence-corrected chi connectivity index (χ1v) is 23.4. The van der Waals surface area contributed by atoms with Gasteiger partial charge in [0.05, 0.1) is 19.8 Å². The summed E-state index contributed by atoms with van der Waals surface area (Å²) in [5.74, 6) is -0.945. The van der Waals surface area contributed by atoms with Gasteiger partial charge in [0, 0.05) is 12.8 Å². The van der Waals surface area contributed by atoms with E-state index in [-0.39, 0.29) is 19.4 Å². The number of ether oxygens (including phenoxy) is 2. The maximum absolute atomic E-state index is 12.6. The Morgan fingerprint density at radius 1 is 0.545 bits per heavy atom. The van der Waals surface area contributed by atoms with E-state index >= 15 is 0 Å². The van der Waals surface area contributed by atoms with Crippen molar-refractivity contribution in [3.05, 3.63) is 36.5 Å². The Morgan fingerprint density at radius 2 is 0.945 bits per heavy atom.